The van der Waals surface area contributed by atoms with Crippen molar-refractivity contribution in [2.24, 2.45) is 0 Å². The van der Waals surface area contributed by atoms with Crippen molar-refractivity contribution in [3.05, 3.63) is 155 Å². The van der Waals surface area contributed by atoms with Gasteiger partial charge in [0.15, 0.2) is 0 Å². The largest absolute Gasteiger partial charge is 0.362 e. The molecule has 0 unspecified atom stereocenters. The van der Waals surface area contributed by atoms with Gasteiger partial charge in [-0.1, -0.05) is 91.1 Å². The molecule has 0 aliphatic heterocycles. The highest BCUT2D eigenvalue weighted by atomic mass is 15.0. The summed E-state index contributed by atoms with van der Waals surface area (Å²) in [6.07, 6.45) is 20.2. The minimum atomic E-state index is 1.02. The first-order chi connectivity index (χ1) is 19.8. The summed E-state index contributed by atoms with van der Waals surface area (Å²) in [6, 6.07) is 30.4. The monoisotopic (exact) mass is 516 g/mol. The third kappa shape index (κ3) is 4.32. The molecule has 2 aliphatic carbocycles. The smallest absolute Gasteiger partial charge is 0.0585 e. The molecule has 0 saturated carbocycles. The lowest BCUT2D eigenvalue weighted by Gasteiger charge is -2.14. The highest BCUT2D eigenvalue weighted by Gasteiger charge is 2.27. The lowest BCUT2D eigenvalue weighted by molar-refractivity contribution is 1.04. The average molecular weight is 517 g/mol. The number of aryl methyl sites for hydroxylation is 1. The number of benzene rings is 4. The zero-order valence-corrected chi connectivity index (χ0v) is 22.8. The van der Waals surface area contributed by atoms with Crippen LogP contribution in [0.15, 0.2) is 133 Å². The van der Waals surface area contributed by atoms with Crippen LogP contribution in [0, 0.1) is 6.92 Å². The zero-order valence-electron chi connectivity index (χ0n) is 22.8. The van der Waals surface area contributed by atoms with Crippen molar-refractivity contribution in [2.45, 2.75) is 26.2 Å². The number of fused-ring (bicyclic) bond motifs is 6. The van der Waals surface area contributed by atoms with Gasteiger partial charge in [-0.25, -0.2) is 0 Å². The Kier molecular flexibility index (Phi) is 6.30. The van der Waals surface area contributed by atoms with Crippen molar-refractivity contribution >= 4 is 39.1 Å². The van der Waals surface area contributed by atoms with Crippen molar-refractivity contribution in [1.29, 1.82) is 0 Å². The second-order valence-electron chi connectivity index (χ2n) is 10.6. The van der Waals surface area contributed by atoms with E-state index in [-0.39, 0.29) is 0 Å². The van der Waals surface area contributed by atoms with Crippen molar-refractivity contribution in [3.63, 3.8) is 0 Å². The Balaban J connectivity index is 1.18. The van der Waals surface area contributed by atoms with Gasteiger partial charge in [0.1, 0.15) is 0 Å². The Morgan fingerprint density at radius 1 is 0.825 bits per heavy atom. The molecule has 2 heteroatoms. The van der Waals surface area contributed by atoms with E-state index in [0.717, 1.165) is 24.9 Å². The predicted molar refractivity (Wildman–Crippen MR) is 172 cm³/mol. The molecule has 2 aliphatic rings. The Bertz CT molecular complexity index is 1870. The first-order valence-corrected chi connectivity index (χ1v) is 14.1. The number of anilines is 1. The molecule has 0 fully saturated rings. The van der Waals surface area contributed by atoms with Crippen LogP contribution < -0.4 is 5.32 Å². The predicted octanol–water partition coefficient (Wildman–Crippen LogP) is 9.95. The molecule has 1 N–H and O–H groups in total. The summed E-state index contributed by atoms with van der Waals surface area (Å²) in [5.74, 6) is 0. The number of para-hydroxylation sites is 1. The molecular formula is C38H32N2. The van der Waals surface area contributed by atoms with Crippen LogP contribution in [-0.4, -0.2) is 4.57 Å². The quantitative estimate of drug-likeness (QED) is 0.222. The van der Waals surface area contributed by atoms with Gasteiger partial charge in [0.25, 0.3) is 0 Å². The van der Waals surface area contributed by atoms with Gasteiger partial charge in [0, 0.05) is 34.8 Å². The molecule has 5 aromatic rings. The van der Waals surface area contributed by atoms with E-state index < -0.39 is 0 Å². The molecule has 0 saturated heterocycles. The van der Waals surface area contributed by atoms with E-state index in [0.29, 0.717) is 0 Å². The summed E-state index contributed by atoms with van der Waals surface area (Å²) in [5, 5.41) is 6.12. The Hall–Kier alpha value is -4.82. The number of rotatable bonds is 6. The van der Waals surface area contributed by atoms with Gasteiger partial charge < -0.3 is 9.88 Å². The third-order valence-electron chi connectivity index (χ3n) is 8.09. The maximum atomic E-state index is 3.41. The molecule has 2 nitrogen and oxygen atoms in total. The molecular weight excluding hydrogens is 484 g/mol. The minimum absolute atomic E-state index is 1.02. The highest BCUT2D eigenvalue weighted by Crippen LogP contribution is 2.46. The van der Waals surface area contributed by atoms with Gasteiger partial charge in [-0.3, -0.25) is 0 Å². The fourth-order valence-electron chi connectivity index (χ4n) is 6.29. The average Bonchev–Trinajstić information content (AvgIpc) is 3.54. The van der Waals surface area contributed by atoms with Crippen molar-refractivity contribution < 1.29 is 0 Å². The van der Waals surface area contributed by atoms with E-state index in [1.165, 1.54) is 55.3 Å². The van der Waals surface area contributed by atoms with Crippen LogP contribution >= 0.6 is 0 Å². The topological polar surface area (TPSA) is 17.0 Å². The van der Waals surface area contributed by atoms with E-state index >= 15 is 0 Å². The van der Waals surface area contributed by atoms with Gasteiger partial charge in [-0.15, -0.1) is 0 Å². The van der Waals surface area contributed by atoms with Crippen molar-refractivity contribution in [2.75, 3.05) is 5.32 Å². The number of hydrogen-bond donors (Lipinski definition) is 1. The molecule has 0 atom stereocenters. The summed E-state index contributed by atoms with van der Waals surface area (Å²) in [7, 11) is 0. The third-order valence-corrected chi connectivity index (χ3v) is 8.09. The molecule has 0 spiro atoms. The van der Waals surface area contributed by atoms with E-state index in [2.05, 4.69) is 120 Å². The summed E-state index contributed by atoms with van der Waals surface area (Å²) < 4.78 is 2.49. The van der Waals surface area contributed by atoms with Crippen LogP contribution in [0.5, 0.6) is 0 Å². The summed E-state index contributed by atoms with van der Waals surface area (Å²) in [5.41, 5.74) is 13.5. The number of aromatic nitrogens is 1. The summed E-state index contributed by atoms with van der Waals surface area (Å²) >= 11 is 0. The molecule has 4 aromatic carbocycles. The Morgan fingerprint density at radius 3 is 2.50 bits per heavy atom. The summed E-state index contributed by atoms with van der Waals surface area (Å²) in [6.45, 7) is 2.28. The standard InChI is InChI=1S/C38H32N2/c1-27-25-34-32-17-9-8-16-29(32)26-35(34)38-37(27)33-18-10-11-19-36(33)40(38)31-22-20-30(21-23-31)39-24-12-3-2-5-13-28-14-6-4-7-15-28/h2-8,10-16,18-25,39H,9,17,26H2,1H3/b3-2-,13-5-,24-12+. The van der Waals surface area contributed by atoms with Gasteiger partial charge in [0.2, 0.25) is 0 Å². The van der Waals surface area contributed by atoms with Gasteiger partial charge >= 0.3 is 0 Å². The van der Waals surface area contributed by atoms with Crippen LogP contribution in [0.1, 0.15) is 35.1 Å². The number of allylic oxidation sites excluding steroid dienone is 8. The Morgan fingerprint density at radius 2 is 1.62 bits per heavy atom. The summed E-state index contributed by atoms with van der Waals surface area (Å²) in [4.78, 5) is 0. The Labute approximate surface area is 236 Å². The van der Waals surface area contributed by atoms with Crippen LogP contribution in [0.4, 0.5) is 5.69 Å². The van der Waals surface area contributed by atoms with Crippen LogP contribution in [0.3, 0.4) is 0 Å². The van der Waals surface area contributed by atoms with Gasteiger partial charge in [-0.2, -0.15) is 0 Å². The second-order valence-corrected chi connectivity index (χ2v) is 10.6. The fraction of sp³-hybridized carbons (Fsp3) is 0.105. The molecule has 194 valence electrons. The molecule has 40 heavy (non-hydrogen) atoms. The SMILES string of the molecule is Cc1cc2c(c3c1c1ccccc1n3-c1ccc(N/C=C/C=C\C=C/c3ccccc3)cc1)CC1=C2CCC=C1. The van der Waals surface area contributed by atoms with Crippen LogP contribution in [0.2, 0.25) is 0 Å². The second kappa shape index (κ2) is 10.4. The van der Waals surface area contributed by atoms with E-state index in [9.17, 15) is 0 Å². The first-order valence-electron chi connectivity index (χ1n) is 14.1. The maximum absolute atomic E-state index is 3.41. The normalized spacial score (nSPS) is 14.8. The molecule has 7 rings (SSSR count). The van der Waals surface area contributed by atoms with E-state index in [1.807, 2.05) is 30.5 Å². The maximum Gasteiger partial charge on any atom is 0.0585 e. The fourth-order valence-corrected chi connectivity index (χ4v) is 6.29. The van der Waals surface area contributed by atoms with Crippen LogP contribution in [0.25, 0.3) is 39.1 Å². The minimum Gasteiger partial charge on any atom is -0.362 e. The van der Waals surface area contributed by atoms with Gasteiger partial charge in [0.05, 0.1) is 11.0 Å². The van der Waals surface area contributed by atoms with Crippen LogP contribution in [-0.2, 0) is 6.42 Å². The van der Waals surface area contributed by atoms with Crippen molar-refractivity contribution in [3.8, 4) is 5.69 Å². The first kappa shape index (κ1) is 24.2. The van der Waals surface area contributed by atoms with Gasteiger partial charge in [-0.05, 0) is 89.6 Å². The molecule has 1 heterocycles. The molecule has 0 bridgehead atoms. The van der Waals surface area contributed by atoms with Crippen molar-refractivity contribution in [1.82, 2.24) is 4.57 Å². The molecule has 0 amide bonds. The van der Waals surface area contributed by atoms with E-state index in [4.69, 9.17) is 0 Å². The lowest BCUT2D eigenvalue weighted by atomic mass is 9.94. The number of nitrogens with one attached hydrogen (secondary N) is 1. The number of nitrogens with zero attached hydrogens (tertiary/aromatic N) is 1. The lowest BCUT2D eigenvalue weighted by Crippen LogP contribution is -1.99. The van der Waals surface area contributed by atoms with E-state index in [1.54, 1.807) is 5.57 Å². The molecule has 1 aromatic heterocycles. The zero-order chi connectivity index (χ0) is 26.9. The number of hydrogen-bond acceptors (Lipinski definition) is 1. The highest BCUT2D eigenvalue weighted by molar-refractivity contribution is 6.13. The molecule has 0 radical (unpaired) electrons.